The molecule has 0 aliphatic carbocycles. The fraction of sp³-hybridized carbons (Fsp3) is 0.125. The van der Waals surface area contributed by atoms with Gasteiger partial charge in [-0.15, -0.1) is 0 Å². The highest BCUT2D eigenvalue weighted by Gasteiger charge is 2.09. The summed E-state index contributed by atoms with van der Waals surface area (Å²) in [6, 6.07) is 11.6. The van der Waals surface area contributed by atoms with E-state index in [2.05, 4.69) is 15.3 Å². The molecule has 2 aromatic heterocycles. The van der Waals surface area contributed by atoms with Crippen LogP contribution in [0.4, 0.5) is 0 Å². The van der Waals surface area contributed by atoms with Gasteiger partial charge < -0.3 is 10.3 Å². The molecule has 1 amide bonds. The van der Waals surface area contributed by atoms with Crippen molar-refractivity contribution in [2.24, 2.45) is 0 Å². The molecule has 2 heterocycles. The second-order valence-corrected chi connectivity index (χ2v) is 4.61. The van der Waals surface area contributed by atoms with Crippen LogP contribution in [-0.2, 0) is 6.42 Å². The van der Waals surface area contributed by atoms with Gasteiger partial charge in [-0.2, -0.15) is 0 Å². The monoisotopic (exact) mass is 265 g/mol. The standard InChI is InChI=1S/C16H15N3O/c20-16(19-9-6-12-3-2-8-17-11-12)14-5-1-4-13-7-10-18-15(13)14/h1-5,7-8,10-11,18H,6,9H2,(H,19,20). The number of benzene rings is 1. The smallest absolute Gasteiger partial charge is 0.253 e. The largest absolute Gasteiger partial charge is 0.361 e. The van der Waals surface area contributed by atoms with Crippen LogP contribution in [0.5, 0.6) is 0 Å². The normalized spacial score (nSPS) is 10.6. The molecule has 4 nitrogen and oxygen atoms in total. The van der Waals surface area contributed by atoms with Crippen LogP contribution in [0, 0.1) is 0 Å². The number of rotatable bonds is 4. The van der Waals surface area contributed by atoms with Gasteiger partial charge in [0.15, 0.2) is 0 Å². The molecule has 0 radical (unpaired) electrons. The highest BCUT2D eigenvalue weighted by atomic mass is 16.1. The van der Waals surface area contributed by atoms with E-state index in [1.807, 2.05) is 48.8 Å². The van der Waals surface area contributed by atoms with Crippen LogP contribution in [0.3, 0.4) is 0 Å². The van der Waals surface area contributed by atoms with Crippen LogP contribution in [0.15, 0.2) is 55.0 Å². The summed E-state index contributed by atoms with van der Waals surface area (Å²) in [4.78, 5) is 19.4. The van der Waals surface area contributed by atoms with Crippen molar-refractivity contribution in [1.29, 1.82) is 0 Å². The molecule has 0 fully saturated rings. The van der Waals surface area contributed by atoms with E-state index in [-0.39, 0.29) is 5.91 Å². The lowest BCUT2D eigenvalue weighted by atomic mass is 10.1. The van der Waals surface area contributed by atoms with E-state index in [0.29, 0.717) is 12.1 Å². The quantitative estimate of drug-likeness (QED) is 0.761. The van der Waals surface area contributed by atoms with Gasteiger partial charge in [-0.25, -0.2) is 0 Å². The third-order valence-corrected chi connectivity index (χ3v) is 3.25. The predicted octanol–water partition coefficient (Wildman–Crippen LogP) is 2.54. The van der Waals surface area contributed by atoms with Crippen LogP contribution in [-0.4, -0.2) is 22.4 Å². The number of hydrogen-bond donors (Lipinski definition) is 2. The number of amides is 1. The van der Waals surface area contributed by atoms with E-state index >= 15 is 0 Å². The first-order valence-electron chi connectivity index (χ1n) is 6.58. The Hall–Kier alpha value is -2.62. The van der Waals surface area contributed by atoms with E-state index in [0.717, 1.165) is 22.9 Å². The molecule has 0 spiro atoms. The Morgan fingerprint density at radius 3 is 3.00 bits per heavy atom. The SMILES string of the molecule is O=C(NCCc1cccnc1)c1cccc2cc[nH]c12. The molecule has 0 saturated carbocycles. The van der Waals surface area contributed by atoms with E-state index in [4.69, 9.17) is 0 Å². The summed E-state index contributed by atoms with van der Waals surface area (Å²) < 4.78 is 0. The summed E-state index contributed by atoms with van der Waals surface area (Å²) in [5.41, 5.74) is 2.68. The van der Waals surface area contributed by atoms with Gasteiger partial charge >= 0.3 is 0 Å². The first-order chi connectivity index (χ1) is 9.84. The number of carbonyl (C=O) groups is 1. The van der Waals surface area contributed by atoms with E-state index in [9.17, 15) is 4.79 Å². The van der Waals surface area contributed by atoms with Gasteiger partial charge in [0.05, 0.1) is 11.1 Å². The van der Waals surface area contributed by atoms with Crippen molar-refractivity contribution in [1.82, 2.24) is 15.3 Å². The van der Waals surface area contributed by atoms with Crippen LogP contribution in [0.2, 0.25) is 0 Å². The van der Waals surface area contributed by atoms with Gasteiger partial charge in [0.1, 0.15) is 0 Å². The molecule has 4 heteroatoms. The zero-order chi connectivity index (χ0) is 13.8. The molecular weight excluding hydrogens is 250 g/mol. The molecule has 0 unspecified atom stereocenters. The number of nitrogens with one attached hydrogen (secondary N) is 2. The summed E-state index contributed by atoms with van der Waals surface area (Å²) >= 11 is 0. The van der Waals surface area contributed by atoms with Gasteiger partial charge in [-0.3, -0.25) is 9.78 Å². The molecule has 0 aliphatic rings. The Kier molecular flexibility index (Phi) is 3.46. The van der Waals surface area contributed by atoms with Crippen molar-refractivity contribution in [3.05, 3.63) is 66.1 Å². The Morgan fingerprint density at radius 2 is 2.15 bits per heavy atom. The minimum absolute atomic E-state index is 0.0538. The number of pyridine rings is 1. The molecule has 1 aromatic carbocycles. The zero-order valence-electron chi connectivity index (χ0n) is 11.0. The minimum atomic E-state index is -0.0538. The molecule has 0 atom stereocenters. The molecule has 0 bridgehead atoms. The second kappa shape index (κ2) is 5.57. The van der Waals surface area contributed by atoms with Crippen molar-refractivity contribution in [3.63, 3.8) is 0 Å². The Labute approximate surface area is 116 Å². The summed E-state index contributed by atoms with van der Waals surface area (Å²) in [6.07, 6.45) is 6.18. The average Bonchev–Trinajstić information content (AvgIpc) is 2.96. The number of hydrogen-bond acceptors (Lipinski definition) is 2. The highest BCUT2D eigenvalue weighted by molar-refractivity contribution is 6.05. The molecule has 2 N–H and O–H groups in total. The lowest BCUT2D eigenvalue weighted by Crippen LogP contribution is -2.25. The Balaban J connectivity index is 1.66. The maximum atomic E-state index is 12.2. The van der Waals surface area contributed by atoms with Gasteiger partial charge in [0, 0.05) is 30.5 Å². The number of nitrogens with zero attached hydrogens (tertiary/aromatic N) is 1. The lowest BCUT2D eigenvalue weighted by molar-refractivity contribution is 0.0955. The second-order valence-electron chi connectivity index (χ2n) is 4.61. The number of H-pyrrole nitrogens is 1. The lowest BCUT2D eigenvalue weighted by Gasteiger charge is -2.06. The van der Waals surface area contributed by atoms with Gasteiger partial charge in [-0.05, 0) is 30.2 Å². The maximum Gasteiger partial charge on any atom is 0.253 e. The Bertz CT molecular complexity index is 719. The first kappa shape index (κ1) is 12.4. The number of fused-ring (bicyclic) bond motifs is 1. The third-order valence-electron chi connectivity index (χ3n) is 3.25. The summed E-state index contributed by atoms with van der Waals surface area (Å²) in [5, 5.41) is 3.99. The number of carbonyl (C=O) groups excluding carboxylic acids is 1. The van der Waals surface area contributed by atoms with Crippen molar-refractivity contribution >= 4 is 16.8 Å². The summed E-state index contributed by atoms with van der Waals surface area (Å²) in [5.74, 6) is -0.0538. The molecule has 0 aliphatic heterocycles. The number of para-hydroxylation sites is 1. The first-order valence-corrected chi connectivity index (χ1v) is 6.58. The van der Waals surface area contributed by atoms with Crippen LogP contribution in [0.1, 0.15) is 15.9 Å². The van der Waals surface area contributed by atoms with E-state index in [1.54, 1.807) is 6.20 Å². The zero-order valence-corrected chi connectivity index (χ0v) is 11.0. The van der Waals surface area contributed by atoms with Crippen molar-refractivity contribution in [2.45, 2.75) is 6.42 Å². The molecule has 100 valence electrons. The minimum Gasteiger partial charge on any atom is -0.361 e. The average molecular weight is 265 g/mol. The highest BCUT2D eigenvalue weighted by Crippen LogP contribution is 2.16. The molecule has 20 heavy (non-hydrogen) atoms. The molecule has 3 rings (SSSR count). The van der Waals surface area contributed by atoms with Gasteiger partial charge in [0.2, 0.25) is 0 Å². The molecule has 0 saturated heterocycles. The predicted molar refractivity (Wildman–Crippen MR) is 78.6 cm³/mol. The number of aromatic amines is 1. The van der Waals surface area contributed by atoms with E-state index in [1.165, 1.54) is 0 Å². The van der Waals surface area contributed by atoms with Crippen molar-refractivity contribution < 1.29 is 4.79 Å². The fourth-order valence-corrected chi connectivity index (χ4v) is 2.24. The van der Waals surface area contributed by atoms with Crippen LogP contribution >= 0.6 is 0 Å². The van der Waals surface area contributed by atoms with Gasteiger partial charge in [-0.1, -0.05) is 18.2 Å². The van der Waals surface area contributed by atoms with Gasteiger partial charge in [0.25, 0.3) is 5.91 Å². The summed E-state index contributed by atoms with van der Waals surface area (Å²) in [7, 11) is 0. The third kappa shape index (κ3) is 2.54. The van der Waals surface area contributed by atoms with Crippen molar-refractivity contribution in [3.8, 4) is 0 Å². The maximum absolute atomic E-state index is 12.2. The van der Waals surface area contributed by atoms with Crippen LogP contribution in [0.25, 0.3) is 10.9 Å². The summed E-state index contributed by atoms with van der Waals surface area (Å²) in [6.45, 7) is 0.599. The Morgan fingerprint density at radius 1 is 1.20 bits per heavy atom. The molecule has 3 aromatic rings. The van der Waals surface area contributed by atoms with Crippen molar-refractivity contribution in [2.75, 3.05) is 6.54 Å². The van der Waals surface area contributed by atoms with E-state index < -0.39 is 0 Å². The fourth-order valence-electron chi connectivity index (χ4n) is 2.24. The number of aromatic nitrogens is 2. The molecular formula is C16H15N3O. The van der Waals surface area contributed by atoms with Crippen LogP contribution < -0.4 is 5.32 Å². The topological polar surface area (TPSA) is 57.8 Å².